The van der Waals surface area contributed by atoms with Crippen LogP contribution in [0.2, 0.25) is 5.02 Å². The standard InChI is InChI=1S/C13H13ClN2O/c14-11-3-4-12(9(5-11)6-15)16-7-13(17,8-16)10-1-2-10/h3-5,10,17H,1-2,7-8H2. The highest BCUT2D eigenvalue weighted by Gasteiger charge is 2.52. The van der Waals surface area contributed by atoms with Gasteiger partial charge in [0.1, 0.15) is 11.7 Å². The van der Waals surface area contributed by atoms with Crippen molar-refractivity contribution in [2.75, 3.05) is 18.0 Å². The van der Waals surface area contributed by atoms with Crippen LogP contribution in [0.15, 0.2) is 18.2 Å². The van der Waals surface area contributed by atoms with E-state index in [0.29, 0.717) is 29.6 Å². The van der Waals surface area contributed by atoms with Crippen molar-refractivity contribution in [3.63, 3.8) is 0 Å². The van der Waals surface area contributed by atoms with Crippen molar-refractivity contribution >= 4 is 17.3 Å². The van der Waals surface area contributed by atoms with E-state index in [1.54, 1.807) is 12.1 Å². The molecule has 0 aromatic heterocycles. The number of nitrogens with zero attached hydrogens (tertiary/aromatic N) is 2. The summed E-state index contributed by atoms with van der Waals surface area (Å²) in [4.78, 5) is 2.05. The number of β-amino-alcohol motifs (C(OH)–C–C–N with tert-alkyl or cyclic N) is 1. The number of aliphatic hydroxyl groups is 1. The van der Waals surface area contributed by atoms with Crippen LogP contribution in [0.5, 0.6) is 0 Å². The molecule has 17 heavy (non-hydrogen) atoms. The number of nitriles is 1. The van der Waals surface area contributed by atoms with Gasteiger partial charge in [0.2, 0.25) is 0 Å². The van der Waals surface area contributed by atoms with Crippen LogP contribution >= 0.6 is 11.6 Å². The maximum Gasteiger partial charge on any atom is 0.102 e. The van der Waals surface area contributed by atoms with Gasteiger partial charge in [0.05, 0.1) is 11.3 Å². The number of halogens is 1. The Hall–Kier alpha value is -1.24. The molecule has 88 valence electrons. The molecule has 1 N–H and O–H groups in total. The molecule has 1 aromatic rings. The van der Waals surface area contributed by atoms with Gasteiger partial charge in [0.25, 0.3) is 0 Å². The third kappa shape index (κ3) is 1.78. The number of anilines is 1. The number of benzene rings is 1. The van der Waals surface area contributed by atoms with Crippen LogP contribution in [0.25, 0.3) is 0 Å². The number of hydrogen-bond acceptors (Lipinski definition) is 3. The molecule has 0 radical (unpaired) electrons. The van der Waals surface area contributed by atoms with E-state index in [1.807, 2.05) is 11.0 Å². The van der Waals surface area contributed by atoms with Gasteiger partial charge in [-0.3, -0.25) is 0 Å². The number of rotatable bonds is 2. The molecule has 0 atom stereocenters. The minimum Gasteiger partial charge on any atom is -0.386 e. The molecule has 0 spiro atoms. The monoisotopic (exact) mass is 248 g/mol. The van der Waals surface area contributed by atoms with Gasteiger partial charge in [-0.05, 0) is 37.0 Å². The van der Waals surface area contributed by atoms with Gasteiger partial charge >= 0.3 is 0 Å². The molecule has 1 saturated heterocycles. The maximum atomic E-state index is 10.2. The Kier molecular flexibility index (Phi) is 2.32. The van der Waals surface area contributed by atoms with Crippen molar-refractivity contribution in [3.05, 3.63) is 28.8 Å². The third-order valence-corrected chi connectivity index (χ3v) is 3.92. The van der Waals surface area contributed by atoms with E-state index in [1.165, 1.54) is 0 Å². The van der Waals surface area contributed by atoms with E-state index in [9.17, 15) is 5.11 Å². The summed E-state index contributed by atoms with van der Waals surface area (Å²) < 4.78 is 0. The third-order valence-electron chi connectivity index (χ3n) is 3.69. The largest absolute Gasteiger partial charge is 0.386 e. The smallest absolute Gasteiger partial charge is 0.102 e. The molecule has 1 aliphatic carbocycles. The van der Waals surface area contributed by atoms with Gasteiger partial charge < -0.3 is 10.0 Å². The first kappa shape index (κ1) is 10.9. The first-order valence-electron chi connectivity index (χ1n) is 5.79. The van der Waals surface area contributed by atoms with Crippen molar-refractivity contribution in [2.24, 2.45) is 5.92 Å². The summed E-state index contributed by atoms with van der Waals surface area (Å²) in [6.07, 6.45) is 2.27. The first-order chi connectivity index (χ1) is 8.12. The Morgan fingerprint density at radius 1 is 1.41 bits per heavy atom. The summed E-state index contributed by atoms with van der Waals surface area (Å²) in [5.41, 5.74) is 0.935. The Morgan fingerprint density at radius 3 is 2.71 bits per heavy atom. The highest BCUT2D eigenvalue weighted by molar-refractivity contribution is 6.30. The van der Waals surface area contributed by atoms with Gasteiger partial charge in [-0.25, -0.2) is 0 Å². The maximum absolute atomic E-state index is 10.2. The van der Waals surface area contributed by atoms with E-state index < -0.39 is 5.60 Å². The normalized spacial score (nSPS) is 21.8. The van der Waals surface area contributed by atoms with Crippen LogP contribution in [0.1, 0.15) is 18.4 Å². The molecule has 0 unspecified atom stereocenters. The molecule has 4 heteroatoms. The molecule has 1 saturated carbocycles. The molecule has 3 rings (SSSR count). The molecular formula is C13H13ClN2O. The molecule has 3 nitrogen and oxygen atoms in total. The van der Waals surface area contributed by atoms with Gasteiger partial charge in [0.15, 0.2) is 0 Å². The molecule has 1 aromatic carbocycles. The van der Waals surface area contributed by atoms with E-state index in [-0.39, 0.29) is 0 Å². The summed E-state index contributed by atoms with van der Waals surface area (Å²) in [6, 6.07) is 7.46. The molecule has 2 fully saturated rings. The van der Waals surface area contributed by atoms with E-state index in [4.69, 9.17) is 16.9 Å². The molecule has 0 amide bonds. The fourth-order valence-corrected chi connectivity index (χ4v) is 2.71. The fourth-order valence-electron chi connectivity index (χ4n) is 2.54. The lowest BCUT2D eigenvalue weighted by Gasteiger charge is -2.48. The summed E-state index contributed by atoms with van der Waals surface area (Å²) in [7, 11) is 0. The van der Waals surface area contributed by atoms with Crippen LogP contribution in [-0.4, -0.2) is 23.8 Å². The summed E-state index contributed by atoms with van der Waals surface area (Å²) in [6.45, 7) is 1.27. The van der Waals surface area contributed by atoms with Crippen LogP contribution in [0.4, 0.5) is 5.69 Å². The van der Waals surface area contributed by atoms with E-state index in [0.717, 1.165) is 18.5 Å². The Bertz CT molecular complexity index is 499. The Morgan fingerprint density at radius 2 is 2.12 bits per heavy atom. The summed E-state index contributed by atoms with van der Waals surface area (Å²) in [5.74, 6) is 0.469. The zero-order chi connectivity index (χ0) is 12.0. The van der Waals surface area contributed by atoms with Gasteiger partial charge in [-0.15, -0.1) is 0 Å². The lowest BCUT2D eigenvalue weighted by Crippen LogP contribution is -2.63. The average molecular weight is 249 g/mol. The van der Waals surface area contributed by atoms with Crippen LogP contribution in [0.3, 0.4) is 0 Å². The lowest BCUT2D eigenvalue weighted by atomic mass is 9.88. The predicted molar refractivity (Wildman–Crippen MR) is 66.1 cm³/mol. The molecule has 1 aliphatic heterocycles. The minimum absolute atomic E-state index is 0.469. The van der Waals surface area contributed by atoms with Crippen molar-refractivity contribution in [3.8, 4) is 6.07 Å². The van der Waals surface area contributed by atoms with Gasteiger partial charge in [0, 0.05) is 18.1 Å². The average Bonchev–Trinajstić information content (AvgIpc) is 3.09. The Labute approximate surface area is 105 Å². The molecular weight excluding hydrogens is 236 g/mol. The molecule has 0 bridgehead atoms. The minimum atomic E-state index is -0.521. The SMILES string of the molecule is N#Cc1cc(Cl)ccc1N1CC(O)(C2CC2)C1. The topological polar surface area (TPSA) is 47.3 Å². The highest BCUT2D eigenvalue weighted by Crippen LogP contribution is 2.46. The van der Waals surface area contributed by atoms with E-state index >= 15 is 0 Å². The van der Waals surface area contributed by atoms with Gasteiger partial charge in [-0.2, -0.15) is 5.26 Å². The fraction of sp³-hybridized carbons (Fsp3) is 0.462. The predicted octanol–water partition coefficient (Wildman–Crippen LogP) is 2.17. The summed E-state index contributed by atoms with van der Waals surface area (Å²) in [5, 5.41) is 19.9. The number of hydrogen-bond donors (Lipinski definition) is 1. The van der Waals surface area contributed by atoms with Gasteiger partial charge in [-0.1, -0.05) is 11.6 Å². The second kappa shape index (κ2) is 3.63. The zero-order valence-corrected chi connectivity index (χ0v) is 10.1. The van der Waals surface area contributed by atoms with Crippen LogP contribution < -0.4 is 4.90 Å². The highest BCUT2D eigenvalue weighted by atomic mass is 35.5. The molecule has 2 aliphatic rings. The van der Waals surface area contributed by atoms with E-state index in [2.05, 4.69) is 6.07 Å². The van der Waals surface area contributed by atoms with Crippen molar-refractivity contribution in [1.29, 1.82) is 5.26 Å². The first-order valence-corrected chi connectivity index (χ1v) is 6.17. The quantitative estimate of drug-likeness (QED) is 0.873. The lowest BCUT2D eigenvalue weighted by molar-refractivity contribution is -0.00932. The zero-order valence-electron chi connectivity index (χ0n) is 9.36. The van der Waals surface area contributed by atoms with Crippen molar-refractivity contribution in [2.45, 2.75) is 18.4 Å². The van der Waals surface area contributed by atoms with Crippen molar-refractivity contribution in [1.82, 2.24) is 0 Å². The Balaban J connectivity index is 1.81. The second-order valence-corrected chi connectivity index (χ2v) is 5.44. The molecule has 1 heterocycles. The summed E-state index contributed by atoms with van der Waals surface area (Å²) >= 11 is 5.86. The van der Waals surface area contributed by atoms with Crippen molar-refractivity contribution < 1.29 is 5.11 Å². The van der Waals surface area contributed by atoms with Crippen LogP contribution in [-0.2, 0) is 0 Å². The second-order valence-electron chi connectivity index (χ2n) is 5.01. The van der Waals surface area contributed by atoms with Crippen LogP contribution in [0, 0.1) is 17.2 Å².